The van der Waals surface area contributed by atoms with E-state index in [1.54, 1.807) is 17.3 Å². The molecular formula is C9H16N2S4. The monoisotopic (exact) mass is 280 g/mol. The quantitative estimate of drug-likeness (QED) is 0.292. The van der Waals surface area contributed by atoms with Gasteiger partial charge in [-0.1, -0.05) is 42.0 Å². The Morgan fingerprint density at radius 3 is 2.87 bits per heavy atom. The molecule has 0 aliphatic carbocycles. The highest BCUT2D eigenvalue weighted by Gasteiger charge is 1.97. The van der Waals surface area contributed by atoms with Crippen LogP contribution in [0.4, 0.5) is 0 Å². The van der Waals surface area contributed by atoms with Crippen molar-refractivity contribution in [3.63, 3.8) is 0 Å². The summed E-state index contributed by atoms with van der Waals surface area (Å²) in [5, 5.41) is 4.94. The van der Waals surface area contributed by atoms with E-state index in [1.165, 1.54) is 17.5 Å². The molecule has 0 aromatic heterocycles. The Balaban J connectivity index is 3.25. The van der Waals surface area contributed by atoms with Gasteiger partial charge in [0.05, 0.1) is 4.20 Å². The number of thiocarbonyl (C=S) groups is 2. The first-order chi connectivity index (χ1) is 7.16. The first-order valence-electron chi connectivity index (χ1n) is 4.52. The molecule has 6 heteroatoms. The van der Waals surface area contributed by atoms with Gasteiger partial charge in [-0.15, -0.1) is 6.58 Å². The first kappa shape index (κ1) is 15.5. The minimum absolute atomic E-state index is 0.748. The lowest BCUT2D eigenvalue weighted by molar-refractivity contribution is 0.760. The van der Waals surface area contributed by atoms with E-state index in [2.05, 4.69) is 16.0 Å². The summed E-state index contributed by atoms with van der Waals surface area (Å²) in [5.41, 5.74) is 1.19. The zero-order valence-corrected chi connectivity index (χ0v) is 12.0. The van der Waals surface area contributed by atoms with Gasteiger partial charge in [-0.2, -0.15) is 0 Å². The molecule has 86 valence electrons. The minimum Gasteiger partial charge on any atom is -0.311 e. The Kier molecular flexibility index (Phi) is 11.4. The Bertz CT molecular complexity index is 218. The van der Waals surface area contributed by atoms with Gasteiger partial charge in [-0.05, 0) is 37.2 Å². The fraction of sp³-hybridized carbons (Fsp3) is 0.556. The molecule has 0 atom stereocenters. The van der Waals surface area contributed by atoms with Crippen molar-refractivity contribution in [2.24, 2.45) is 0 Å². The molecule has 0 aromatic rings. The molecule has 0 rings (SSSR count). The maximum atomic E-state index is 5.15. The highest BCUT2D eigenvalue weighted by molar-refractivity contribution is 8.27. The Morgan fingerprint density at radius 2 is 2.27 bits per heavy atom. The lowest BCUT2D eigenvalue weighted by Crippen LogP contribution is -2.22. The summed E-state index contributed by atoms with van der Waals surface area (Å²) in [6.45, 7) is 7.54. The molecule has 0 unspecified atom stereocenters. The van der Waals surface area contributed by atoms with Crippen LogP contribution in [0, 0.1) is 0 Å². The van der Waals surface area contributed by atoms with Crippen LogP contribution in [-0.2, 0) is 0 Å². The van der Waals surface area contributed by atoms with Gasteiger partial charge in [0.1, 0.15) is 0 Å². The molecule has 0 fully saturated rings. The second-order valence-electron chi connectivity index (χ2n) is 2.92. The van der Waals surface area contributed by atoms with Crippen LogP contribution in [0.1, 0.15) is 13.3 Å². The summed E-state index contributed by atoms with van der Waals surface area (Å²) in [4.78, 5) is 0. The predicted molar refractivity (Wildman–Crippen MR) is 81.7 cm³/mol. The van der Waals surface area contributed by atoms with E-state index in [1.807, 2.05) is 6.92 Å². The van der Waals surface area contributed by atoms with E-state index in [4.69, 9.17) is 24.4 Å². The van der Waals surface area contributed by atoms with Crippen molar-refractivity contribution in [1.29, 1.82) is 0 Å². The lowest BCUT2D eigenvalue weighted by Gasteiger charge is -2.05. The van der Waals surface area contributed by atoms with Gasteiger partial charge in [0, 0.05) is 12.3 Å². The Labute approximate surface area is 111 Å². The Morgan fingerprint density at radius 1 is 1.53 bits per heavy atom. The molecule has 2 N–H and O–H groups in total. The summed E-state index contributed by atoms with van der Waals surface area (Å²) in [6, 6.07) is 0. The van der Waals surface area contributed by atoms with Crippen LogP contribution in [-0.4, -0.2) is 28.4 Å². The van der Waals surface area contributed by atoms with E-state index in [0.717, 1.165) is 29.5 Å². The van der Waals surface area contributed by atoms with Crippen LogP contribution in [0.5, 0.6) is 0 Å². The van der Waals surface area contributed by atoms with E-state index < -0.39 is 0 Å². The number of nitrogens with one attached hydrogen (secondary N) is 2. The van der Waals surface area contributed by atoms with Crippen LogP contribution in [0.3, 0.4) is 0 Å². The molecule has 0 aliphatic heterocycles. The molecule has 0 bridgehead atoms. The zero-order valence-electron chi connectivity index (χ0n) is 8.75. The molecular weight excluding hydrogens is 264 g/mol. The summed E-state index contributed by atoms with van der Waals surface area (Å²) in [5.74, 6) is 0.814. The highest BCUT2D eigenvalue weighted by Crippen LogP contribution is 2.04. The summed E-state index contributed by atoms with van der Waals surface area (Å²) >= 11 is 12.9. The van der Waals surface area contributed by atoms with Gasteiger partial charge in [0.15, 0.2) is 0 Å². The molecule has 0 amide bonds. The van der Waals surface area contributed by atoms with E-state index in [9.17, 15) is 0 Å². The SMILES string of the molecule is C=C(C)CCNCC(=S)SNSCC=S. The van der Waals surface area contributed by atoms with Crippen LogP contribution >= 0.6 is 48.3 Å². The maximum absolute atomic E-state index is 5.15. The average Bonchev–Trinajstić information content (AvgIpc) is 2.19. The van der Waals surface area contributed by atoms with Crippen LogP contribution < -0.4 is 9.44 Å². The summed E-state index contributed by atoms with van der Waals surface area (Å²) < 4.78 is 3.98. The minimum atomic E-state index is 0.748. The van der Waals surface area contributed by atoms with Crippen molar-refractivity contribution in [1.82, 2.24) is 9.44 Å². The van der Waals surface area contributed by atoms with Crippen molar-refractivity contribution in [3.8, 4) is 0 Å². The number of rotatable bonds is 9. The number of hydrogen-bond donors (Lipinski definition) is 2. The topological polar surface area (TPSA) is 24.1 Å². The second kappa shape index (κ2) is 11.0. The lowest BCUT2D eigenvalue weighted by atomic mass is 10.2. The van der Waals surface area contributed by atoms with E-state index >= 15 is 0 Å². The third-order valence-electron chi connectivity index (χ3n) is 1.36. The Hall–Kier alpha value is 0.540. The van der Waals surface area contributed by atoms with Crippen LogP contribution in [0.25, 0.3) is 0 Å². The van der Waals surface area contributed by atoms with Gasteiger partial charge >= 0.3 is 0 Å². The smallest absolute Gasteiger partial charge is 0.0778 e. The molecule has 0 radical (unpaired) electrons. The average molecular weight is 281 g/mol. The van der Waals surface area contributed by atoms with Crippen molar-refractivity contribution < 1.29 is 0 Å². The van der Waals surface area contributed by atoms with Gasteiger partial charge in [0.25, 0.3) is 0 Å². The third-order valence-corrected chi connectivity index (χ3v) is 3.65. The normalized spacial score (nSPS) is 9.93. The van der Waals surface area contributed by atoms with Gasteiger partial charge < -0.3 is 5.32 Å². The van der Waals surface area contributed by atoms with Crippen LogP contribution in [0.2, 0.25) is 0 Å². The molecule has 0 heterocycles. The second-order valence-corrected chi connectivity index (χ2v) is 5.99. The fourth-order valence-electron chi connectivity index (χ4n) is 0.672. The molecule has 0 aromatic carbocycles. The number of hydrogen-bond acceptors (Lipinski definition) is 6. The van der Waals surface area contributed by atoms with Crippen molar-refractivity contribution in [2.45, 2.75) is 13.3 Å². The van der Waals surface area contributed by atoms with E-state index in [-0.39, 0.29) is 0 Å². The highest BCUT2D eigenvalue weighted by atomic mass is 32.2. The van der Waals surface area contributed by atoms with Crippen molar-refractivity contribution >= 4 is 57.9 Å². The van der Waals surface area contributed by atoms with E-state index in [0.29, 0.717) is 0 Å². The third kappa shape index (κ3) is 12.5. The molecule has 0 saturated heterocycles. The first-order valence-corrected chi connectivity index (χ1v) is 7.20. The standard InChI is InChI=1S/C9H16N2S4/c1-8(2)3-4-10-7-9(13)15-11-14-6-5-12/h5,10-11H,1,3-4,6-7H2,2H3. The van der Waals surface area contributed by atoms with Crippen molar-refractivity contribution in [3.05, 3.63) is 12.2 Å². The molecule has 0 aliphatic rings. The van der Waals surface area contributed by atoms with Gasteiger partial charge in [-0.25, -0.2) is 4.13 Å². The van der Waals surface area contributed by atoms with Crippen LogP contribution in [0.15, 0.2) is 12.2 Å². The maximum Gasteiger partial charge on any atom is 0.0778 e. The zero-order chi connectivity index (χ0) is 11.5. The summed E-state index contributed by atoms with van der Waals surface area (Å²) in [6.07, 6.45) is 1.00. The molecule has 2 nitrogen and oxygen atoms in total. The van der Waals surface area contributed by atoms with Gasteiger partial charge in [0.2, 0.25) is 0 Å². The van der Waals surface area contributed by atoms with Crippen molar-refractivity contribution in [2.75, 3.05) is 18.8 Å². The summed E-state index contributed by atoms with van der Waals surface area (Å²) in [7, 11) is 0. The molecule has 0 spiro atoms. The largest absolute Gasteiger partial charge is 0.311 e. The van der Waals surface area contributed by atoms with Gasteiger partial charge in [-0.3, -0.25) is 0 Å². The molecule has 0 saturated carbocycles. The predicted octanol–water partition coefficient (Wildman–Crippen LogP) is 2.76. The fourth-order valence-corrected chi connectivity index (χ4v) is 2.41. The molecule has 15 heavy (non-hydrogen) atoms.